The number of epoxide rings is 1. The fraction of sp³-hybridized carbons (Fsp3) is 1.00. The van der Waals surface area contributed by atoms with Crippen LogP contribution in [0.2, 0.25) is 0 Å². The molecule has 0 saturated carbocycles. The Balaban J connectivity index is 1.58. The van der Waals surface area contributed by atoms with Crippen molar-refractivity contribution in [2.24, 2.45) is 0 Å². The molecule has 6 nitrogen and oxygen atoms in total. The fourth-order valence-corrected chi connectivity index (χ4v) is 3.73. The Hall–Kier alpha value is 0.0500. The highest BCUT2D eigenvalue weighted by Gasteiger charge is 2.78. The third-order valence-electron chi connectivity index (χ3n) is 4.20. The summed E-state index contributed by atoms with van der Waals surface area (Å²) in [5, 5.41) is 0. The minimum Gasteiger partial charge on any atom is -0.348 e. The molecule has 4 heterocycles. The van der Waals surface area contributed by atoms with Crippen LogP contribution in [0, 0.1) is 0 Å². The van der Waals surface area contributed by atoms with Crippen LogP contribution >= 0.6 is 11.6 Å². The molecule has 0 aliphatic carbocycles. The lowest BCUT2D eigenvalue weighted by Crippen LogP contribution is -2.46. The van der Waals surface area contributed by atoms with Gasteiger partial charge in [-0.1, -0.05) is 11.6 Å². The van der Waals surface area contributed by atoms with Crippen LogP contribution in [0.25, 0.3) is 0 Å². The predicted octanol–water partition coefficient (Wildman–Crippen LogP) is 1.35. The molecule has 114 valence electrons. The molecular weight excluding hydrogens is 288 g/mol. The van der Waals surface area contributed by atoms with E-state index >= 15 is 0 Å². The second kappa shape index (κ2) is 3.87. The van der Waals surface area contributed by atoms with Crippen LogP contribution in [0.4, 0.5) is 0 Å². The Morgan fingerprint density at radius 1 is 0.900 bits per heavy atom. The Morgan fingerprint density at radius 2 is 1.60 bits per heavy atom. The molecule has 4 fully saturated rings. The monoisotopic (exact) mass is 306 g/mol. The van der Waals surface area contributed by atoms with E-state index in [-0.39, 0.29) is 18.3 Å². The lowest BCUT2D eigenvalue weighted by molar-refractivity contribution is -0.228. The molecular formula is C13H19ClO6. The lowest BCUT2D eigenvalue weighted by atomic mass is 9.95. The Labute approximate surface area is 122 Å². The van der Waals surface area contributed by atoms with Crippen LogP contribution in [-0.2, 0) is 28.4 Å². The van der Waals surface area contributed by atoms with Gasteiger partial charge >= 0.3 is 0 Å². The van der Waals surface area contributed by atoms with Crippen molar-refractivity contribution in [1.29, 1.82) is 0 Å². The summed E-state index contributed by atoms with van der Waals surface area (Å²) in [4.78, 5) is 0. The van der Waals surface area contributed by atoms with E-state index < -0.39 is 29.0 Å². The summed E-state index contributed by atoms with van der Waals surface area (Å²) in [7, 11) is 0. The van der Waals surface area contributed by atoms with Crippen molar-refractivity contribution >= 4 is 11.6 Å². The minimum absolute atomic E-state index is 0.241. The minimum atomic E-state index is -0.700. The molecule has 0 unspecified atom stereocenters. The van der Waals surface area contributed by atoms with Gasteiger partial charge < -0.3 is 28.4 Å². The van der Waals surface area contributed by atoms with Gasteiger partial charge in [0.05, 0.1) is 6.61 Å². The lowest BCUT2D eigenvalue weighted by Gasteiger charge is -2.27. The largest absolute Gasteiger partial charge is 0.348 e. The maximum atomic E-state index is 6.22. The molecule has 0 aromatic heterocycles. The van der Waals surface area contributed by atoms with Gasteiger partial charge in [-0.25, -0.2) is 0 Å². The summed E-state index contributed by atoms with van der Waals surface area (Å²) in [6.07, 6.45) is -1.41. The molecule has 0 radical (unpaired) electrons. The van der Waals surface area contributed by atoms with Crippen molar-refractivity contribution in [2.75, 3.05) is 6.61 Å². The van der Waals surface area contributed by atoms with Crippen molar-refractivity contribution in [3.8, 4) is 0 Å². The summed E-state index contributed by atoms with van der Waals surface area (Å²) in [6, 6.07) is 0. The summed E-state index contributed by atoms with van der Waals surface area (Å²) in [5.41, 5.74) is -1.15. The van der Waals surface area contributed by atoms with E-state index in [0.29, 0.717) is 6.61 Å². The van der Waals surface area contributed by atoms with E-state index in [1.54, 1.807) is 0 Å². The molecule has 1 spiro atoms. The quantitative estimate of drug-likeness (QED) is 0.538. The first-order valence-corrected chi connectivity index (χ1v) is 7.32. The van der Waals surface area contributed by atoms with Gasteiger partial charge in [-0.05, 0) is 27.7 Å². The highest BCUT2D eigenvalue weighted by Crippen LogP contribution is 2.58. The zero-order chi connectivity index (χ0) is 14.3. The second-order valence-electron chi connectivity index (χ2n) is 6.64. The Bertz CT molecular complexity index is 441. The molecule has 0 amide bonds. The summed E-state index contributed by atoms with van der Waals surface area (Å²) >= 11 is 6.22. The number of hydrogen-bond donors (Lipinski definition) is 0. The first kappa shape index (κ1) is 13.7. The third kappa shape index (κ3) is 1.80. The molecule has 4 aliphatic rings. The van der Waals surface area contributed by atoms with Gasteiger partial charge in [0, 0.05) is 0 Å². The number of alkyl halides is 1. The molecule has 4 aliphatic heterocycles. The Kier molecular flexibility index (Phi) is 2.65. The normalized spacial score (nSPS) is 55.4. The standard InChI is InChI=1S/C13H19ClO6/c1-11(2)15-5-6(17-11)7-13(10(14)20-13)8-9(16-7)19-12(3,4)18-8/h6-10H,5H2,1-4H3/t6-,7-,8+,9-,10+,13+/m1/s1. The van der Waals surface area contributed by atoms with Crippen LogP contribution in [0.15, 0.2) is 0 Å². The van der Waals surface area contributed by atoms with E-state index in [4.69, 9.17) is 40.0 Å². The zero-order valence-corrected chi connectivity index (χ0v) is 12.7. The summed E-state index contributed by atoms with van der Waals surface area (Å²) in [5.74, 6) is -1.31. The van der Waals surface area contributed by atoms with Crippen LogP contribution in [-0.4, -0.2) is 53.9 Å². The van der Waals surface area contributed by atoms with E-state index in [9.17, 15) is 0 Å². The Morgan fingerprint density at radius 3 is 2.15 bits per heavy atom. The van der Waals surface area contributed by atoms with Crippen LogP contribution in [0.3, 0.4) is 0 Å². The highest BCUT2D eigenvalue weighted by molar-refractivity contribution is 6.22. The molecule has 4 saturated heterocycles. The molecule has 0 N–H and O–H groups in total. The summed E-state index contributed by atoms with van der Waals surface area (Å²) < 4.78 is 34.8. The van der Waals surface area contributed by atoms with E-state index in [2.05, 4.69) is 0 Å². The van der Waals surface area contributed by atoms with Crippen molar-refractivity contribution in [3.05, 3.63) is 0 Å². The van der Waals surface area contributed by atoms with Gasteiger partial charge in [-0.15, -0.1) is 0 Å². The van der Waals surface area contributed by atoms with Gasteiger partial charge in [0.25, 0.3) is 0 Å². The second-order valence-corrected chi connectivity index (χ2v) is 7.03. The zero-order valence-electron chi connectivity index (χ0n) is 11.9. The van der Waals surface area contributed by atoms with E-state index in [1.807, 2.05) is 27.7 Å². The maximum absolute atomic E-state index is 6.22. The van der Waals surface area contributed by atoms with Crippen LogP contribution < -0.4 is 0 Å². The molecule has 7 heteroatoms. The number of hydrogen-bond acceptors (Lipinski definition) is 6. The fourth-order valence-electron chi connectivity index (χ4n) is 3.33. The third-order valence-corrected chi connectivity index (χ3v) is 4.63. The molecule has 0 aromatic carbocycles. The van der Waals surface area contributed by atoms with Gasteiger partial charge in [-0.3, -0.25) is 0 Å². The predicted molar refractivity (Wildman–Crippen MR) is 67.1 cm³/mol. The van der Waals surface area contributed by atoms with Gasteiger partial charge in [0.1, 0.15) is 18.3 Å². The van der Waals surface area contributed by atoms with Crippen molar-refractivity contribution in [3.63, 3.8) is 0 Å². The highest BCUT2D eigenvalue weighted by atomic mass is 35.5. The van der Waals surface area contributed by atoms with Gasteiger partial charge in [-0.2, -0.15) is 0 Å². The van der Waals surface area contributed by atoms with Crippen molar-refractivity contribution in [1.82, 2.24) is 0 Å². The van der Waals surface area contributed by atoms with E-state index in [1.165, 1.54) is 0 Å². The van der Waals surface area contributed by atoms with Crippen LogP contribution in [0.5, 0.6) is 0 Å². The molecule has 0 bridgehead atoms. The van der Waals surface area contributed by atoms with Crippen molar-refractivity contribution in [2.45, 2.75) is 75.0 Å². The van der Waals surface area contributed by atoms with Gasteiger partial charge in [0.2, 0.25) is 0 Å². The van der Waals surface area contributed by atoms with Crippen molar-refractivity contribution < 1.29 is 28.4 Å². The first-order valence-electron chi connectivity index (χ1n) is 6.88. The maximum Gasteiger partial charge on any atom is 0.190 e. The summed E-state index contributed by atoms with van der Waals surface area (Å²) in [6.45, 7) is 7.88. The SMILES string of the molecule is CC1(C)OC[C@H]([C@H]2O[C@@H]3OC(C)(C)O[C@@H]3[C@@]23O[C@@H]3Cl)O1. The average molecular weight is 307 g/mol. The molecule has 0 aromatic rings. The number of rotatable bonds is 1. The van der Waals surface area contributed by atoms with Gasteiger partial charge in [0.15, 0.2) is 29.0 Å². The van der Waals surface area contributed by atoms with E-state index in [0.717, 1.165) is 0 Å². The number of halogens is 1. The molecule has 6 atom stereocenters. The smallest absolute Gasteiger partial charge is 0.190 e. The molecule has 20 heavy (non-hydrogen) atoms. The average Bonchev–Trinajstić information content (AvgIpc) is 2.60. The number of fused-ring (bicyclic) bond motifs is 2. The topological polar surface area (TPSA) is 58.7 Å². The van der Waals surface area contributed by atoms with Crippen LogP contribution in [0.1, 0.15) is 27.7 Å². The molecule has 4 rings (SSSR count). The number of ether oxygens (including phenoxy) is 6. The first-order chi connectivity index (χ1) is 9.24.